The summed E-state index contributed by atoms with van der Waals surface area (Å²) in [6.45, 7) is 4.26. The summed E-state index contributed by atoms with van der Waals surface area (Å²) >= 11 is 0. The van der Waals surface area contributed by atoms with Crippen LogP contribution in [0.1, 0.15) is 52.7 Å². The van der Waals surface area contributed by atoms with E-state index in [1.165, 1.54) is 19.4 Å². The van der Waals surface area contributed by atoms with Crippen LogP contribution in [-0.4, -0.2) is 47.9 Å². The number of nitrogens with one attached hydrogen (secondary N) is 1. The number of hydrogen-bond acceptors (Lipinski definition) is 5. The van der Waals surface area contributed by atoms with Gasteiger partial charge in [0.1, 0.15) is 22.9 Å². The number of amides is 1. The molecule has 1 aromatic heterocycles. The predicted octanol–water partition coefficient (Wildman–Crippen LogP) is 2.53. The van der Waals surface area contributed by atoms with Crippen LogP contribution in [0.2, 0.25) is 0 Å². The lowest BCUT2D eigenvalue weighted by molar-refractivity contribution is 0.0540. The number of pyridine rings is 1. The zero-order valence-corrected chi connectivity index (χ0v) is 18.4. The SMILES string of the molecule is COc1c2n(cc(C(=O)NCc3ccc(F)cc3F)c1=O)[C@@H]1CCN(C)C1C(C)(C)C2=O. The number of carbonyl (C=O) groups excluding carboxylic acids is 2. The van der Waals surface area contributed by atoms with Crippen molar-refractivity contribution in [3.63, 3.8) is 0 Å². The summed E-state index contributed by atoms with van der Waals surface area (Å²) in [5, 5.41) is 2.50. The molecule has 4 rings (SSSR count). The number of Topliss-reactive ketones (excluding diaryl/α,β-unsaturated/α-hetero) is 1. The third-order valence-electron chi connectivity index (χ3n) is 6.61. The second kappa shape index (κ2) is 7.81. The van der Waals surface area contributed by atoms with Crippen LogP contribution in [0.5, 0.6) is 5.75 Å². The van der Waals surface area contributed by atoms with Gasteiger partial charge in [0, 0.05) is 42.4 Å². The highest BCUT2D eigenvalue weighted by Gasteiger charge is 2.53. The van der Waals surface area contributed by atoms with Crippen molar-refractivity contribution in [2.24, 2.45) is 5.41 Å². The summed E-state index contributed by atoms with van der Waals surface area (Å²) < 4.78 is 34.0. The monoisotopic (exact) mass is 445 g/mol. The molecule has 3 heterocycles. The molecule has 1 N–H and O–H groups in total. The zero-order valence-electron chi connectivity index (χ0n) is 18.4. The van der Waals surface area contributed by atoms with Crippen molar-refractivity contribution in [1.29, 1.82) is 0 Å². The molecule has 2 aliphatic heterocycles. The maximum Gasteiger partial charge on any atom is 0.257 e. The van der Waals surface area contributed by atoms with E-state index in [2.05, 4.69) is 10.2 Å². The third kappa shape index (κ3) is 3.31. The fraction of sp³-hybridized carbons (Fsp3) is 0.435. The van der Waals surface area contributed by atoms with Crippen LogP contribution in [0.25, 0.3) is 0 Å². The number of likely N-dealkylation sites (tertiary alicyclic amines) is 1. The van der Waals surface area contributed by atoms with E-state index in [4.69, 9.17) is 4.74 Å². The summed E-state index contributed by atoms with van der Waals surface area (Å²) in [5.41, 5.74) is -1.39. The quantitative estimate of drug-likeness (QED) is 0.783. The van der Waals surface area contributed by atoms with E-state index in [0.717, 1.165) is 25.1 Å². The second-order valence-electron chi connectivity index (χ2n) is 8.91. The molecule has 9 heteroatoms. The molecule has 2 aromatic rings. The van der Waals surface area contributed by atoms with Crippen molar-refractivity contribution < 1.29 is 23.1 Å². The number of aromatic nitrogens is 1. The van der Waals surface area contributed by atoms with E-state index in [0.29, 0.717) is 0 Å². The highest BCUT2D eigenvalue weighted by atomic mass is 19.1. The summed E-state index contributed by atoms with van der Waals surface area (Å²) in [4.78, 5) is 41.4. The van der Waals surface area contributed by atoms with Crippen molar-refractivity contribution in [1.82, 2.24) is 14.8 Å². The molecular formula is C23H25F2N3O4. The number of ether oxygens (including phenoxy) is 1. The Balaban J connectivity index is 1.75. The topological polar surface area (TPSA) is 80.6 Å². The number of likely N-dealkylation sites (N-methyl/N-ethyl adjacent to an activating group) is 1. The fourth-order valence-electron chi connectivity index (χ4n) is 5.07. The highest BCUT2D eigenvalue weighted by molar-refractivity contribution is 6.03. The number of carbonyl (C=O) groups is 2. The first-order chi connectivity index (χ1) is 15.1. The summed E-state index contributed by atoms with van der Waals surface area (Å²) in [6.07, 6.45) is 2.15. The van der Waals surface area contributed by atoms with E-state index >= 15 is 0 Å². The molecule has 1 unspecified atom stereocenters. The van der Waals surface area contributed by atoms with Gasteiger partial charge in [-0.2, -0.15) is 0 Å². The Morgan fingerprint density at radius 3 is 2.66 bits per heavy atom. The van der Waals surface area contributed by atoms with Crippen molar-refractivity contribution in [2.45, 2.75) is 38.9 Å². The minimum absolute atomic E-state index is 0.0826. The Kier molecular flexibility index (Phi) is 5.40. The van der Waals surface area contributed by atoms with Crippen LogP contribution < -0.4 is 15.5 Å². The normalized spacial score (nSPS) is 21.8. The van der Waals surface area contributed by atoms with Crippen LogP contribution in [0.4, 0.5) is 8.78 Å². The van der Waals surface area contributed by atoms with Gasteiger partial charge in [-0.3, -0.25) is 14.4 Å². The highest BCUT2D eigenvalue weighted by Crippen LogP contribution is 2.47. The van der Waals surface area contributed by atoms with Crippen LogP contribution in [-0.2, 0) is 6.54 Å². The van der Waals surface area contributed by atoms with Crippen molar-refractivity contribution >= 4 is 11.7 Å². The molecule has 0 bridgehead atoms. The van der Waals surface area contributed by atoms with Gasteiger partial charge >= 0.3 is 0 Å². The van der Waals surface area contributed by atoms with E-state index < -0.39 is 28.4 Å². The minimum atomic E-state index is -0.797. The number of nitrogens with zero attached hydrogens (tertiary/aromatic N) is 2. The first-order valence-corrected chi connectivity index (χ1v) is 10.4. The van der Waals surface area contributed by atoms with Crippen molar-refractivity contribution in [2.75, 3.05) is 20.7 Å². The molecule has 0 saturated carbocycles. The molecule has 1 fully saturated rings. The Hall–Kier alpha value is -3.07. The van der Waals surface area contributed by atoms with E-state index in [-0.39, 0.29) is 47.0 Å². The van der Waals surface area contributed by atoms with Crippen LogP contribution >= 0.6 is 0 Å². The average Bonchev–Trinajstić information content (AvgIpc) is 3.13. The fourth-order valence-corrected chi connectivity index (χ4v) is 5.07. The van der Waals surface area contributed by atoms with Gasteiger partial charge in [-0.05, 0) is 19.5 Å². The maximum absolute atomic E-state index is 13.9. The summed E-state index contributed by atoms with van der Waals surface area (Å²) in [5.74, 6) is -2.64. The van der Waals surface area contributed by atoms with Gasteiger partial charge in [0.25, 0.3) is 5.91 Å². The molecular weight excluding hydrogens is 420 g/mol. The molecule has 1 saturated heterocycles. The smallest absolute Gasteiger partial charge is 0.257 e. The van der Waals surface area contributed by atoms with Gasteiger partial charge in [-0.1, -0.05) is 19.9 Å². The van der Waals surface area contributed by atoms with Crippen LogP contribution in [0.15, 0.2) is 29.2 Å². The van der Waals surface area contributed by atoms with Gasteiger partial charge in [-0.15, -0.1) is 0 Å². The number of methoxy groups -OCH3 is 1. The maximum atomic E-state index is 13.9. The minimum Gasteiger partial charge on any atom is -0.491 e. The molecule has 1 aromatic carbocycles. The lowest BCUT2D eigenvalue weighted by Gasteiger charge is -2.44. The number of hydrogen-bond donors (Lipinski definition) is 1. The standard InChI is InChI=1S/C23H25F2N3O4/c1-23(2)20-16(7-8-27(20)3)28-11-14(18(29)19(32-4)17(28)21(23)30)22(31)26-10-12-5-6-13(24)9-15(12)25/h5-6,9,11,16,20H,7-8,10H2,1-4H3,(H,26,31)/t16-,20?/m1/s1. The summed E-state index contributed by atoms with van der Waals surface area (Å²) in [7, 11) is 3.25. The van der Waals surface area contributed by atoms with Gasteiger partial charge < -0.3 is 19.5 Å². The Morgan fingerprint density at radius 2 is 2.00 bits per heavy atom. The molecule has 2 aliphatic rings. The molecule has 2 atom stereocenters. The number of rotatable bonds is 4. The molecule has 0 radical (unpaired) electrons. The average molecular weight is 445 g/mol. The van der Waals surface area contributed by atoms with Gasteiger partial charge in [0.15, 0.2) is 11.5 Å². The van der Waals surface area contributed by atoms with Gasteiger partial charge in [-0.25, -0.2) is 8.78 Å². The molecule has 1 amide bonds. The number of halogens is 2. The summed E-state index contributed by atoms with van der Waals surface area (Å²) in [6, 6.07) is 2.83. The predicted molar refractivity (Wildman–Crippen MR) is 113 cm³/mol. The molecule has 0 spiro atoms. The van der Waals surface area contributed by atoms with Crippen LogP contribution in [0, 0.1) is 17.0 Å². The first-order valence-electron chi connectivity index (χ1n) is 10.4. The zero-order chi connectivity index (χ0) is 23.4. The first kappa shape index (κ1) is 22.1. The Labute approximate surface area is 184 Å². The Morgan fingerprint density at radius 1 is 1.28 bits per heavy atom. The number of benzene rings is 1. The van der Waals surface area contributed by atoms with Gasteiger partial charge in [0.05, 0.1) is 13.2 Å². The number of ketones is 1. The largest absolute Gasteiger partial charge is 0.491 e. The molecule has 7 nitrogen and oxygen atoms in total. The van der Waals surface area contributed by atoms with Crippen molar-refractivity contribution in [3.8, 4) is 5.75 Å². The molecule has 32 heavy (non-hydrogen) atoms. The van der Waals surface area contributed by atoms with Crippen LogP contribution in [0.3, 0.4) is 0 Å². The van der Waals surface area contributed by atoms with E-state index in [1.807, 2.05) is 20.9 Å². The molecule has 170 valence electrons. The van der Waals surface area contributed by atoms with E-state index in [1.54, 1.807) is 4.57 Å². The lowest BCUT2D eigenvalue weighted by atomic mass is 9.72. The lowest BCUT2D eigenvalue weighted by Crippen LogP contribution is -2.53. The van der Waals surface area contributed by atoms with Crippen molar-refractivity contribution in [3.05, 3.63) is 63.1 Å². The van der Waals surface area contributed by atoms with E-state index in [9.17, 15) is 23.2 Å². The Bertz CT molecular complexity index is 1170. The van der Waals surface area contributed by atoms with Gasteiger partial charge in [0.2, 0.25) is 5.43 Å². The number of fused-ring (bicyclic) bond motifs is 3. The third-order valence-corrected chi connectivity index (χ3v) is 6.61. The molecule has 0 aliphatic carbocycles. The second-order valence-corrected chi connectivity index (χ2v) is 8.91.